The van der Waals surface area contributed by atoms with E-state index in [1.165, 1.54) is 0 Å². The molecule has 1 heterocycles. The van der Waals surface area contributed by atoms with Gasteiger partial charge in [0.05, 0.1) is 12.2 Å². The topological polar surface area (TPSA) is 94.1 Å². The lowest BCUT2D eigenvalue weighted by atomic mass is 9.47. The number of benzene rings is 1. The Balaban J connectivity index is 0.00000198. The number of carbonyl (C=O) groups is 2. The van der Waals surface area contributed by atoms with Crippen molar-refractivity contribution in [3.63, 3.8) is 0 Å². The molecule has 1 aromatic carbocycles. The molecule has 3 aliphatic carbocycles. The van der Waals surface area contributed by atoms with Crippen LogP contribution in [0.2, 0.25) is 0 Å². The third-order valence-corrected chi connectivity index (χ3v) is 10.2. The fourth-order valence-electron chi connectivity index (χ4n) is 8.33. The van der Waals surface area contributed by atoms with Gasteiger partial charge in [-0.3, -0.25) is 9.59 Å². The summed E-state index contributed by atoms with van der Waals surface area (Å²) < 4.78 is 19.2. The Bertz CT molecular complexity index is 1180. The summed E-state index contributed by atoms with van der Waals surface area (Å²) in [4.78, 5) is 26.5. The van der Waals surface area contributed by atoms with Crippen LogP contribution in [0.4, 0.5) is 5.69 Å². The summed E-state index contributed by atoms with van der Waals surface area (Å²) in [6, 6.07) is 7.52. The Morgan fingerprint density at radius 2 is 1.86 bits per heavy atom. The smallest absolute Gasteiger partial charge is 0.205 e. The molecule has 2 N–H and O–H groups in total. The second-order valence-electron chi connectivity index (χ2n) is 12.6. The van der Waals surface area contributed by atoms with Crippen LogP contribution in [-0.2, 0) is 19.1 Å². The van der Waals surface area contributed by atoms with Crippen LogP contribution in [0.15, 0.2) is 48.1 Å². The maximum atomic E-state index is 14.4. The molecule has 1 aliphatic heterocycles. The van der Waals surface area contributed by atoms with Crippen LogP contribution in [0, 0.1) is 22.7 Å². The maximum absolute atomic E-state index is 14.4. The minimum Gasteiger partial charge on any atom is -0.486 e. The molecule has 0 radical (unpaired) electrons. The van der Waals surface area contributed by atoms with Gasteiger partial charge in [0.2, 0.25) is 5.78 Å². The summed E-state index contributed by atoms with van der Waals surface area (Å²) in [5, 5.41) is 15.0. The molecule has 232 valence electrons. The fraction of sp³-hybridized carbons (Fsp3) is 0.657. The summed E-state index contributed by atoms with van der Waals surface area (Å²) in [5.41, 5.74) is -0.167. The van der Waals surface area contributed by atoms with Gasteiger partial charge in [-0.15, -0.1) is 0 Å². The molecule has 5 rings (SSSR count). The van der Waals surface area contributed by atoms with Gasteiger partial charge in [-0.05, 0) is 80.9 Å². The Morgan fingerprint density at radius 1 is 1.14 bits per heavy atom. The van der Waals surface area contributed by atoms with Crippen LogP contribution in [0.5, 0.6) is 5.75 Å². The van der Waals surface area contributed by atoms with Gasteiger partial charge in [-0.2, -0.15) is 0 Å². The third kappa shape index (κ3) is 5.60. The molecule has 7 nitrogen and oxygen atoms in total. The van der Waals surface area contributed by atoms with E-state index < -0.39 is 29.5 Å². The number of rotatable bonds is 9. The Hall–Kier alpha value is -2.48. The number of Topliss-reactive ketones (excluding diaryl/α,β-unsaturated/α-hetero) is 1. The Labute approximate surface area is 252 Å². The fourth-order valence-corrected chi connectivity index (χ4v) is 8.33. The highest BCUT2D eigenvalue weighted by molar-refractivity contribution is 6.01. The molecule has 2 saturated carbocycles. The summed E-state index contributed by atoms with van der Waals surface area (Å²) in [6.45, 7) is 12.3. The number of ketones is 2. The molecule has 1 aromatic rings. The molecule has 42 heavy (non-hydrogen) atoms. The molecule has 0 spiro atoms. The third-order valence-electron chi connectivity index (χ3n) is 10.2. The van der Waals surface area contributed by atoms with Crippen molar-refractivity contribution >= 4 is 17.3 Å². The number of nitrogens with one attached hydrogen (secondary N) is 1. The zero-order chi connectivity index (χ0) is 30.7. The first-order valence-electron chi connectivity index (χ1n) is 16.0. The van der Waals surface area contributed by atoms with E-state index in [1.807, 2.05) is 58.2 Å². The quantitative estimate of drug-likeness (QED) is 0.337. The first-order chi connectivity index (χ1) is 20.1. The van der Waals surface area contributed by atoms with Crippen LogP contribution >= 0.6 is 0 Å². The van der Waals surface area contributed by atoms with E-state index in [0.29, 0.717) is 25.0 Å². The van der Waals surface area contributed by atoms with Gasteiger partial charge >= 0.3 is 0 Å². The van der Waals surface area contributed by atoms with Crippen molar-refractivity contribution in [1.29, 1.82) is 0 Å². The van der Waals surface area contributed by atoms with Crippen molar-refractivity contribution in [2.75, 3.05) is 19.0 Å². The van der Waals surface area contributed by atoms with Crippen molar-refractivity contribution < 1.29 is 28.9 Å². The average Bonchev–Trinajstić information content (AvgIpc) is 3.37. The summed E-state index contributed by atoms with van der Waals surface area (Å²) >= 11 is 0. The van der Waals surface area contributed by atoms with E-state index in [4.69, 9.17) is 14.2 Å². The zero-order valence-corrected chi connectivity index (χ0v) is 26.6. The monoisotopic (exact) mass is 581 g/mol. The highest BCUT2D eigenvalue weighted by Gasteiger charge is 2.67. The molecule has 7 heteroatoms. The molecule has 8 unspecified atom stereocenters. The number of hydrogen-bond acceptors (Lipinski definition) is 7. The van der Waals surface area contributed by atoms with Gasteiger partial charge in [-0.1, -0.05) is 59.6 Å². The number of aliphatic hydroxyl groups is 1. The lowest BCUT2D eigenvalue weighted by Crippen LogP contribution is -2.65. The highest BCUT2D eigenvalue weighted by Crippen LogP contribution is 2.62. The molecule has 1 saturated heterocycles. The second-order valence-corrected chi connectivity index (χ2v) is 12.6. The van der Waals surface area contributed by atoms with Crippen LogP contribution in [0.3, 0.4) is 0 Å². The summed E-state index contributed by atoms with van der Waals surface area (Å²) in [5.74, 6) is 0.671. The minimum absolute atomic E-state index is 0.0205. The van der Waals surface area contributed by atoms with E-state index >= 15 is 0 Å². The van der Waals surface area contributed by atoms with Crippen LogP contribution in [0.1, 0.15) is 86.5 Å². The number of aliphatic hydroxyl groups excluding tert-OH is 1. The Kier molecular flexibility index (Phi) is 10.1. The molecule has 8 atom stereocenters. The SMILES string of the molecule is CC.CCCC1OC(CC)C(C(=O)COc2ccc(NC)cc2)(C2(C)CC(O)C3C(CCC4=CC(=O)C=CC43C)C2)O1. The minimum atomic E-state index is -1.23. The predicted molar refractivity (Wildman–Crippen MR) is 165 cm³/mol. The molecular formula is C35H51NO6. The first kappa shape index (κ1) is 32.4. The van der Waals surface area contributed by atoms with Gasteiger partial charge in [0, 0.05) is 29.5 Å². The Morgan fingerprint density at radius 3 is 2.50 bits per heavy atom. The van der Waals surface area contributed by atoms with E-state index in [1.54, 1.807) is 12.2 Å². The van der Waals surface area contributed by atoms with Gasteiger partial charge in [0.15, 0.2) is 17.7 Å². The predicted octanol–water partition coefficient (Wildman–Crippen LogP) is 6.65. The number of ether oxygens (including phenoxy) is 3. The highest BCUT2D eigenvalue weighted by atomic mass is 16.7. The van der Waals surface area contributed by atoms with Gasteiger partial charge in [0.1, 0.15) is 12.4 Å². The van der Waals surface area contributed by atoms with Crippen molar-refractivity contribution in [2.45, 2.75) is 111 Å². The van der Waals surface area contributed by atoms with Crippen molar-refractivity contribution in [1.82, 2.24) is 0 Å². The summed E-state index contributed by atoms with van der Waals surface area (Å²) in [6.07, 6.45) is 8.91. The van der Waals surface area contributed by atoms with Gasteiger partial charge in [-0.25, -0.2) is 0 Å². The van der Waals surface area contributed by atoms with Gasteiger partial charge in [0.25, 0.3) is 0 Å². The standard InChI is InChI=1S/C33H45NO6.C2H6/c1-6-8-29-39-28(7-2)33(40-29,27(37)20-38-25-13-11-23(34-5)12-14-25)31(3)18-21-9-10-22-17-24(35)15-16-32(22,4)30(21)26(36)19-31;1-2/h11-17,21,26,28-30,34,36H,6-10,18-20H2,1-5H3;1-2H3. The van der Waals surface area contributed by atoms with Gasteiger partial charge < -0.3 is 24.6 Å². The van der Waals surface area contributed by atoms with E-state index in [0.717, 1.165) is 36.9 Å². The average molecular weight is 582 g/mol. The lowest BCUT2D eigenvalue weighted by Gasteiger charge is -2.59. The number of allylic oxidation sites excluding steroid dienone is 4. The van der Waals surface area contributed by atoms with Crippen molar-refractivity contribution in [3.8, 4) is 5.75 Å². The van der Waals surface area contributed by atoms with Crippen LogP contribution in [0.25, 0.3) is 0 Å². The van der Waals surface area contributed by atoms with E-state index in [9.17, 15) is 14.7 Å². The van der Waals surface area contributed by atoms with E-state index in [2.05, 4.69) is 26.1 Å². The molecular weight excluding hydrogens is 530 g/mol. The maximum Gasteiger partial charge on any atom is 0.205 e. The van der Waals surface area contributed by atoms with Crippen molar-refractivity contribution in [3.05, 3.63) is 48.1 Å². The molecule has 4 aliphatic rings. The van der Waals surface area contributed by atoms with Crippen LogP contribution < -0.4 is 10.1 Å². The van der Waals surface area contributed by atoms with Crippen molar-refractivity contribution in [2.24, 2.45) is 22.7 Å². The number of fused-ring (bicyclic) bond motifs is 3. The molecule has 0 aromatic heterocycles. The second kappa shape index (κ2) is 13.0. The lowest BCUT2D eigenvalue weighted by molar-refractivity contribution is -0.193. The zero-order valence-electron chi connectivity index (χ0n) is 26.6. The van der Waals surface area contributed by atoms with E-state index in [-0.39, 0.29) is 35.4 Å². The number of anilines is 1. The molecule has 0 bridgehead atoms. The summed E-state index contributed by atoms with van der Waals surface area (Å²) in [7, 11) is 1.86. The van der Waals surface area contributed by atoms with Crippen LogP contribution in [-0.4, -0.2) is 54.4 Å². The normalized spacial score (nSPS) is 37.1. The number of carbonyl (C=O) groups excluding carboxylic acids is 2. The molecule has 0 amide bonds. The number of hydrogen-bond donors (Lipinski definition) is 2. The largest absolute Gasteiger partial charge is 0.486 e. The molecule has 3 fully saturated rings. The first-order valence-corrected chi connectivity index (χ1v) is 16.0.